The number of amidine groups is 1. The van der Waals surface area contributed by atoms with Gasteiger partial charge in [0.1, 0.15) is 11.5 Å². The van der Waals surface area contributed by atoms with Crippen LogP contribution in [0.2, 0.25) is 0 Å². The van der Waals surface area contributed by atoms with E-state index in [0.29, 0.717) is 16.6 Å². The normalized spacial score (nSPS) is 17.8. The highest BCUT2D eigenvalue weighted by molar-refractivity contribution is 8.18. The standard InChI is InChI=1S/C22H22F2N2OS/c1-5-26-20(27)19(12-14-6-8-15(9-7-14)22(2,3)4)28-21(26)25-18-11-10-16(23)13-17(18)24/h6-13H,5H2,1-4H3/b19-12-,25-21?. The van der Waals surface area contributed by atoms with E-state index in [-0.39, 0.29) is 17.0 Å². The van der Waals surface area contributed by atoms with E-state index in [1.165, 1.54) is 28.3 Å². The average molecular weight is 400 g/mol. The summed E-state index contributed by atoms with van der Waals surface area (Å²) in [7, 11) is 0. The maximum absolute atomic E-state index is 13.9. The molecule has 0 N–H and O–H groups in total. The minimum atomic E-state index is -0.758. The van der Waals surface area contributed by atoms with Crippen LogP contribution in [0.1, 0.15) is 38.8 Å². The van der Waals surface area contributed by atoms with Crippen molar-refractivity contribution in [1.82, 2.24) is 4.90 Å². The second-order valence-corrected chi connectivity index (χ2v) is 8.53. The number of carbonyl (C=O) groups excluding carboxylic acids is 1. The third-order valence-electron chi connectivity index (χ3n) is 4.40. The van der Waals surface area contributed by atoms with Crippen molar-refractivity contribution in [3.8, 4) is 0 Å². The van der Waals surface area contributed by atoms with Crippen LogP contribution in [0.5, 0.6) is 0 Å². The summed E-state index contributed by atoms with van der Waals surface area (Å²) in [5, 5.41) is 0.385. The molecule has 0 saturated carbocycles. The number of benzene rings is 2. The summed E-state index contributed by atoms with van der Waals surface area (Å²) in [5.74, 6) is -1.59. The molecule has 3 nitrogen and oxygen atoms in total. The van der Waals surface area contributed by atoms with Crippen LogP contribution in [0, 0.1) is 11.6 Å². The number of nitrogens with zero attached hydrogens (tertiary/aromatic N) is 2. The lowest BCUT2D eigenvalue weighted by Gasteiger charge is -2.18. The van der Waals surface area contributed by atoms with Gasteiger partial charge in [-0.25, -0.2) is 13.8 Å². The molecule has 6 heteroatoms. The van der Waals surface area contributed by atoms with Gasteiger partial charge in [-0.05, 0) is 53.4 Å². The highest BCUT2D eigenvalue weighted by atomic mass is 32.2. The van der Waals surface area contributed by atoms with Gasteiger partial charge in [-0.2, -0.15) is 0 Å². The van der Waals surface area contributed by atoms with Crippen LogP contribution >= 0.6 is 11.8 Å². The van der Waals surface area contributed by atoms with Crippen molar-refractivity contribution in [3.63, 3.8) is 0 Å². The summed E-state index contributed by atoms with van der Waals surface area (Å²) >= 11 is 1.19. The molecular formula is C22H22F2N2OS. The summed E-state index contributed by atoms with van der Waals surface area (Å²) in [6.07, 6.45) is 1.81. The van der Waals surface area contributed by atoms with E-state index in [0.717, 1.165) is 17.7 Å². The first kappa shape index (κ1) is 20.3. The van der Waals surface area contributed by atoms with Crippen molar-refractivity contribution in [3.05, 3.63) is 70.1 Å². The molecule has 1 heterocycles. The molecule has 2 aromatic carbocycles. The van der Waals surface area contributed by atoms with Crippen LogP contribution in [0.25, 0.3) is 6.08 Å². The number of amides is 1. The van der Waals surface area contributed by atoms with Crippen LogP contribution in [0.4, 0.5) is 14.5 Å². The summed E-state index contributed by atoms with van der Waals surface area (Å²) in [4.78, 5) is 19.0. The Hall–Kier alpha value is -2.47. The number of aliphatic imine (C=N–C) groups is 1. The molecule has 0 aromatic heterocycles. The fourth-order valence-corrected chi connectivity index (χ4v) is 3.83. The monoisotopic (exact) mass is 400 g/mol. The molecule has 0 aliphatic carbocycles. The van der Waals surface area contributed by atoms with Crippen molar-refractivity contribution >= 4 is 34.6 Å². The Balaban J connectivity index is 1.91. The van der Waals surface area contributed by atoms with E-state index < -0.39 is 11.6 Å². The highest BCUT2D eigenvalue weighted by Crippen LogP contribution is 2.35. The zero-order chi connectivity index (χ0) is 20.5. The third kappa shape index (κ3) is 4.33. The third-order valence-corrected chi connectivity index (χ3v) is 5.41. The molecule has 146 valence electrons. The Bertz CT molecular complexity index is 959. The minimum Gasteiger partial charge on any atom is -0.287 e. The van der Waals surface area contributed by atoms with Gasteiger partial charge in [0.2, 0.25) is 0 Å². The fraction of sp³-hybridized carbons (Fsp3) is 0.273. The van der Waals surface area contributed by atoms with E-state index in [9.17, 15) is 13.6 Å². The Morgan fingerprint density at radius 3 is 2.36 bits per heavy atom. The van der Waals surface area contributed by atoms with Crippen molar-refractivity contribution in [1.29, 1.82) is 0 Å². The van der Waals surface area contributed by atoms with E-state index >= 15 is 0 Å². The molecule has 1 amide bonds. The summed E-state index contributed by atoms with van der Waals surface area (Å²) in [5.41, 5.74) is 2.19. The van der Waals surface area contributed by atoms with Gasteiger partial charge in [0.15, 0.2) is 11.0 Å². The molecule has 1 saturated heterocycles. The maximum Gasteiger partial charge on any atom is 0.266 e. The Kier molecular flexibility index (Phi) is 5.70. The van der Waals surface area contributed by atoms with Gasteiger partial charge < -0.3 is 0 Å². The SMILES string of the molecule is CCN1C(=O)/C(=C/c2ccc(C(C)(C)C)cc2)SC1=Nc1ccc(F)cc1F. The van der Waals surface area contributed by atoms with Crippen LogP contribution in [0.3, 0.4) is 0 Å². The molecule has 0 unspecified atom stereocenters. The van der Waals surface area contributed by atoms with Crippen molar-refractivity contribution in [2.45, 2.75) is 33.1 Å². The zero-order valence-corrected chi connectivity index (χ0v) is 17.1. The molecular weight excluding hydrogens is 378 g/mol. The first-order chi connectivity index (χ1) is 13.2. The van der Waals surface area contributed by atoms with E-state index in [4.69, 9.17) is 0 Å². The smallest absolute Gasteiger partial charge is 0.266 e. The van der Waals surface area contributed by atoms with E-state index in [1.54, 1.807) is 0 Å². The topological polar surface area (TPSA) is 32.7 Å². The number of hydrogen-bond acceptors (Lipinski definition) is 3. The summed E-state index contributed by atoms with van der Waals surface area (Å²) in [6.45, 7) is 8.68. The molecule has 0 spiro atoms. The van der Waals surface area contributed by atoms with Gasteiger partial charge in [-0.1, -0.05) is 45.0 Å². The molecule has 2 aromatic rings. The van der Waals surface area contributed by atoms with Crippen LogP contribution in [-0.4, -0.2) is 22.5 Å². The lowest BCUT2D eigenvalue weighted by molar-refractivity contribution is -0.122. The summed E-state index contributed by atoms with van der Waals surface area (Å²) in [6, 6.07) is 11.3. The van der Waals surface area contributed by atoms with Gasteiger partial charge >= 0.3 is 0 Å². The number of thioether (sulfide) groups is 1. The average Bonchev–Trinajstić information content (AvgIpc) is 2.91. The molecule has 1 aliphatic heterocycles. The minimum absolute atomic E-state index is 0.00549. The molecule has 28 heavy (non-hydrogen) atoms. The fourth-order valence-electron chi connectivity index (χ4n) is 2.78. The number of carbonyl (C=O) groups is 1. The second-order valence-electron chi connectivity index (χ2n) is 7.52. The lowest BCUT2D eigenvalue weighted by Crippen LogP contribution is -2.28. The molecule has 1 aliphatic rings. The van der Waals surface area contributed by atoms with Gasteiger partial charge in [-0.15, -0.1) is 0 Å². The highest BCUT2D eigenvalue weighted by Gasteiger charge is 2.32. The first-order valence-electron chi connectivity index (χ1n) is 9.04. The Morgan fingerprint density at radius 1 is 1.11 bits per heavy atom. The number of halogens is 2. The molecule has 0 radical (unpaired) electrons. The molecule has 3 rings (SSSR count). The van der Waals surface area contributed by atoms with Gasteiger partial charge in [-0.3, -0.25) is 9.69 Å². The van der Waals surface area contributed by atoms with Crippen molar-refractivity contribution < 1.29 is 13.6 Å². The molecule has 0 bridgehead atoms. The van der Waals surface area contributed by atoms with Crippen molar-refractivity contribution in [2.24, 2.45) is 4.99 Å². The number of rotatable bonds is 3. The maximum atomic E-state index is 13.9. The van der Waals surface area contributed by atoms with Crippen LogP contribution < -0.4 is 0 Å². The Labute approximate surface area is 168 Å². The van der Waals surface area contributed by atoms with Crippen LogP contribution in [0.15, 0.2) is 52.4 Å². The zero-order valence-electron chi connectivity index (χ0n) is 16.3. The van der Waals surface area contributed by atoms with E-state index in [1.807, 2.05) is 25.1 Å². The van der Waals surface area contributed by atoms with Gasteiger partial charge in [0.25, 0.3) is 5.91 Å². The quantitative estimate of drug-likeness (QED) is 0.602. The molecule has 0 atom stereocenters. The van der Waals surface area contributed by atoms with Gasteiger partial charge in [0.05, 0.1) is 4.91 Å². The van der Waals surface area contributed by atoms with E-state index in [2.05, 4.69) is 37.9 Å². The number of hydrogen-bond donors (Lipinski definition) is 0. The second kappa shape index (κ2) is 7.87. The largest absolute Gasteiger partial charge is 0.287 e. The summed E-state index contributed by atoms with van der Waals surface area (Å²) < 4.78 is 27.0. The molecule has 1 fully saturated rings. The Morgan fingerprint density at radius 2 is 1.79 bits per heavy atom. The number of likely N-dealkylation sites (N-methyl/N-ethyl adjacent to an activating group) is 1. The van der Waals surface area contributed by atoms with Crippen molar-refractivity contribution in [2.75, 3.05) is 6.54 Å². The van der Waals surface area contributed by atoms with Crippen LogP contribution in [-0.2, 0) is 10.2 Å². The predicted molar refractivity (Wildman–Crippen MR) is 112 cm³/mol. The first-order valence-corrected chi connectivity index (χ1v) is 9.86. The van der Waals surface area contributed by atoms with Gasteiger partial charge in [0, 0.05) is 12.6 Å². The predicted octanol–water partition coefficient (Wildman–Crippen LogP) is 5.89. The lowest BCUT2D eigenvalue weighted by atomic mass is 9.87.